The maximum Gasteiger partial charge on any atom is 0.129 e. The molecule has 3 nitrogen and oxygen atoms in total. The molecule has 2 rings (SSSR count). The lowest BCUT2D eigenvalue weighted by Crippen LogP contribution is -2.46. The Bertz CT molecular complexity index is 423. The van der Waals surface area contributed by atoms with E-state index in [0.717, 1.165) is 45.6 Å². The van der Waals surface area contributed by atoms with Gasteiger partial charge in [0.15, 0.2) is 0 Å². The summed E-state index contributed by atoms with van der Waals surface area (Å²) in [6.45, 7) is 9.25. The first-order chi connectivity index (χ1) is 9.15. The summed E-state index contributed by atoms with van der Waals surface area (Å²) < 4.78 is 0. The highest BCUT2D eigenvalue weighted by atomic mass is 16.1. The fourth-order valence-corrected chi connectivity index (χ4v) is 2.61. The first-order valence-corrected chi connectivity index (χ1v) is 7.18. The number of carbonyl (C=O) groups excluding carboxylic acids is 1. The summed E-state index contributed by atoms with van der Waals surface area (Å²) in [4.78, 5) is 15.8. The van der Waals surface area contributed by atoms with Crippen LogP contribution in [-0.2, 0) is 4.79 Å². The van der Waals surface area contributed by atoms with Crippen molar-refractivity contribution < 1.29 is 4.79 Å². The van der Waals surface area contributed by atoms with Crippen LogP contribution in [0.5, 0.6) is 0 Å². The van der Waals surface area contributed by atoms with Crippen LogP contribution in [0.25, 0.3) is 0 Å². The number of rotatable bonds is 5. The summed E-state index contributed by atoms with van der Waals surface area (Å²) >= 11 is 0. The van der Waals surface area contributed by atoms with E-state index in [9.17, 15) is 4.79 Å². The van der Waals surface area contributed by atoms with Crippen molar-refractivity contribution in [1.82, 2.24) is 4.90 Å². The average Bonchev–Trinajstić information content (AvgIpc) is 2.39. The van der Waals surface area contributed by atoms with Gasteiger partial charge in [0, 0.05) is 38.3 Å². The van der Waals surface area contributed by atoms with Crippen LogP contribution in [0.4, 0.5) is 5.69 Å². The fraction of sp³-hybridized carbons (Fsp3) is 0.562. The van der Waals surface area contributed by atoms with Gasteiger partial charge in [0.25, 0.3) is 0 Å². The average molecular weight is 260 g/mol. The van der Waals surface area contributed by atoms with Gasteiger partial charge in [-0.15, -0.1) is 0 Å². The number of hydrogen-bond acceptors (Lipinski definition) is 3. The zero-order valence-corrected chi connectivity index (χ0v) is 12.1. The Morgan fingerprint density at radius 1 is 1.21 bits per heavy atom. The second-order valence-corrected chi connectivity index (χ2v) is 5.47. The van der Waals surface area contributed by atoms with Gasteiger partial charge in [-0.2, -0.15) is 0 Å². The van der Waals surface area contributed by atoms with Gasteiger partial charge < -0.3 is 9.69 Å². The summed E-state index contributed by atoms with van der Waals surface area (Å²) in [5.74, 6) is 0.304. The zero-order valence-electron chi connectivity index (χ0n) is 12.1. The molecule has 104 valence electrons. The molecule has 0 amide bonds. The molecular formula is C16H24N2O. The summed E-state index contributed by atoms with van der Waals surface area (Å²) in [6, 6.07) is 8.72. The van der Waals surface area contributed by atoms with Crippen LogP contribution in [0.3, 0.4) is 0 Å². The summed E-state index contributed by atoms with van der Waals surface area (Å²) in [5.41, 5.74) is 2.66. The molecule has 0 N–H and O–H groups in total. The van der Waals surface area contributed by atoms with E-state index >= 15 is 0 Å². The summed E-state index contributed by atoms with van der Waals surface area (Å²) in [7, 11) is 0. The van der Waals surface area contributed by atoms with Gasteiger partial charge >= 0.3 is 0 Å². The Labute approximate surface area is 116 Å². The third kappa shape index (κ3) is 4.35. The molecule has 0 radical (unpaired) electrons. The molecule has 0 spiro atoms. The first kappa shape index (κ1) is 14.1. The molecule has 0 aromatic heterocycles. The second-order valence-electron chi connectivity index (χ2n) is 5.47. The maximum atomic E-state index is 10.9. The van der Waals surface area contributed by atoms with Crippen molar-refractivity contribution in [2.75, 3.05) is 37.6 Å². The molecule has 0 aliphatic carbocycles. The third-order valence-corrected chi connectivity index (χ3v) is 3.74. The van der Waals surface area contributed by atoms with E-state index in [4.69, 9.17) is 0 Å². The summed E-state index contributed by atoms with van der Waals surface area (Å²) in [5, 5.41) is 0. The van der Waals surface area contributed by atoms with Crippen LogP contribution in [0, 0.1) is 6.92 Å². The van der Waals surface area contributed by atoms with Gasteiger partial charge in [0.1, 0.15) is 5.78 Å². The molecule has 19 heavy (non-hydrogen) atoms. The van der Waals surface area contributed by atoms with E-state index in [2.05, 4.69) is 41.0 Å². The smallest absolute Gasteiger partial charge is 0.129 e. The minimum absolute atomic E-state index is 0.304. The van der Waals surface area contributed by atoms with Gasteiger partial charge in [-0.25, -0.2) is 0 Å². The number of piperazine rings is 1. The molecule has 0 saturated carbocycles. The van der Waals surface area contributed by atoms with Gasteiger partial charge in [-0.1, -0.05) is 12.1 Å². The Balaban J connectivity index is 1.77. The molecule has 1 heterocycles. The fourth-order valence-electron chi connectivity index (χ4n) is 2.61. The normalized spacial score (nSPS) is 16.6. The predicted molar refractivity (Wildman–Crippen MR) is 79.7 cm³/mol. The Hall–Kier alpha value is -1.35. The van der Waals surface area contributed by atoms with Crippen molar-refractivity contribution in [3.63, 3.8) is 0 Å². The SMILES string of the molecule is CC(=O)CCCN1CCN(c2cccc(C)c2)CC1. The van der Waals surface area contributed by atoms with Crippen LogP contribution in [0.1, 0.15) is 25.3 Å². The number of Topliss-reactive ketones (excluding diaryl/α,β-unsaturated/α-hetero) is 1. The Kier molecular flexibility index (Phi) is 4.97. The molecule has 1 aromatic rings. The van der Waals surface area contributed by atoms with Crippen molar-refractivity contribution in [3.8, 4) is 0 Å². The third-order valence-electron chi connectivity index (χ3n) is 3.74. The van der Waals surface area contributed by atoms with Gasteiger partial charge in [0.05, 0.1) is 0 Å². The molecule has 1 saturated heterocycles. The lowest BCUT2D eigenvalue weighted by atomic mass is 10.2. The van der Waals surface area contributed by atoms with Crippen LogP contribution >= 0.6 is 0 Å². The summed E-state index contributed by atoms with van der Waals surface area (Å²) in [6.07, 6.45) is 1.72. The van der Waals surface area contributed by atoms with E-state index in [-0.39, 0.29) is 0 Å². The highest BCUT2D eigenvalue weighted by Gasteiger charge is 2.16. The van der Waals surface area contributed by atoms with Crippen molar-refractivity contribution in [2.24, 2.45) is 0 Å². The van der Waals surface area contributed by atoms with E-state index in [0.29, 0.717) is 5.78 Å². The molecule has 0 atom stereocenters. The molecule has 3 heteroatoms. The van der Waals surface area contributed by atoms with Crippen molar-refractivity contribution in [1.29, 1.82) is 0 Å². The van der Waals surface area contributed by atoms with Crippen molar-refractivity contribution in [2.45, 2.75) is 26.7 Å². The molecule has 1 aliphatic heterocycles. The molecular weight excluding hydrogens is 236 g/mol. The maximum absolute atomic E-state index is 10.9. The van der Waals surface area contributed by atoms with Crippen molar-refractivity contribution >= 4 is 11.5 Å². The van der Waals surface area contributed by atoms with Crippen LogP contribution in [0.2, 0.25) is 0 Å². The Morgan fingerprint density at radius 3 is 2.58 bits per heavy atom. The van der Waals surface area contributed by atoms with E-state index in [1.807, 2.05) is 0 Å². The van der Waals surface area contributed by atoms with Gasteiger partial charge in [-0.3, -0.25) is 4.90 Å². The van der Waals surface area contributed by atoms with Crippen LogP contribution in [0.15, 0.2) is 24.3 Å². The standard InChI is InChI=1S/C16H24N2O/c1-14-5-3-7-16(13-14)18-11-9-17(10-12-18)8-4-6-15(2)19/h3,5,7,13H,4,6,8-12H2,1-2H3. The Morgan fingerprint density at radius 2 is 1.95 bits per heavy atom. The molecule has 1 fully saturated rings. The predicted octanol–water partition coefficient (Wildman–Crippen LogP) is 2.49. The number of anilines is 1. The van der Waals surface area contributed by atoms with Crippen LogP contribution in [-0.4, -0.2) is 43.4 Å². The molecule has 0 unspecified atom stereocenters. The van der Waals surface area contributed by atoms with Gasteiger partial charge in [0.2, 0.25) is 0 Å². The number of carbonyl (C=O) groups is 1. The molecule has 1 aromatic carbocycles. The molecule has 1 aliphatic rings. The number of hydrogen-bond donors (Lipinski definition) is 0. The lowest BCUT2D eigenvalue weighted by Gasteiger charge is -2.36. The second kappa shape index (κ2) is 6.71. The number of nitrogens with zero attached hydrogens (tertiary/aromatic N) is 2. The zero-order chi connectivity index (χ0) is 13.7. The van der Waals surface area contributed by atoms with E-state index < -0.39 is 0 Å². The monoisotopic (exact) mass is 260 g/mol. The topological polar surface area (TPSA) is 23.6 Å². The van der Waals surface area contributed by atoms with Gasteiger partial charge in [-0.05, 0) is 44.5 Å². The highest BCUT2D eigenvalue weighted by Crippen LogP contribution is 2.17. The van der Waals surface area contributed by atoms with Crippen molar-refractivity contribution in [3.05, 3.63) is 29.8 Å². The van der Waals surface area contributed by atoms with E-state index in [1.54, 1.807) is 6.92 Å². The minimum atomic E-state index is 0.304. The highest BCUT2D eigenvalue weighted by molar-refractivity contribution is 5.75. The van der Waals surface area contributed by atoms with E-state index in [1.165, 1.54) is 11.3 Å². The number of aryl methyl sites for hydroxylation is 1. The van der Waals surface area contributed by atoms with Crippen LogP contribution < -0.4 is 4.90 Å². The number of benzene rings is 1. The largest absolute Gasteiger partial charge is 0.369 e. The minimum Gasteiger partial charge on any atom is -0.369 e. The quantitative estimate of drug-likeness (QED) is 0.812. The molecule has 0 bridgehead atoms. The first-order valence-electron chi connectivity index (χ1n) is 7.18. The lowest BCUT2D eigenvalue weighted by molar-refractivity contribution is -0.117. The number of ketones is 1.